The Morgan fingerprint density at radius 2 is 1.72 bits per heavy atom. The molecule has 0 bridgehead atoms. The highest BCUT2D eigenvalue weighted by molar-refractivity contribution is 5.78. The normalized spacial score (nSPS) is 12.4. The smallest absolute Gasteiger partial charge is 0.258 e. The van der Waals surface area contributed by atoms with Gasteiger partial charge >= 0.3 is 0 Å². The molecule has 0 spiro atoms. The molecule has 0 aromatic heterocycles. The van der Waals surface area contributed by atoms with Crippen molar-refractivity contribution in [1.29, 1.82) is 0 Å². The summed E-state index contributed by atoms with van der Waals surface area (Å²) in [6.45, 7) is 8.49. The molecular weight excluding hydrogens is 314 g/mol. The van der Waals surface area contributed by atoms with Gasteiger partial charge in [-0.05, 0) is 35.6 Å². The third-order valence-corrected chi connectivity index (χ3v) is 4.07. The van der Waals surface area contributed by atoms with E-state index in [-0.39, 0.29) is 24.0 Å². The van der Waals surface area contributed by atoms with Gasteiger partial charge in [-0.25, -0.2) is 0 Å². The van der Waals surface area contributed by atoms with E-state index in [9.17, 15) is 4.79 Å². The molecule has 0 aliphatic rings. The minimum absolute atomic E-state index is 0.0302. The number of methoxy groups -OCH3 is 1. The lowest BCUT2D eigenvalue weighted by Gasteiger charge is -2.20. The van der Waals surface area contributed by atoms with E-state index in [0.29, 0.717) is 11.5 Å². The molecule has 1 atom stereocenters. The van der Waals surface area contributed by atoms with Crippen molar-refractivity contribution in [2.75, 3.05) is 13.7 Å². The molecule has 2 rings (SSSR count). The fourth-order valence-electron chi connectivity index (χ4n) is 2.48. The van der Waals surface area contributed by atoms with Gasteiger partial charge in [0, 0.05) is 6.07 Å². The second kappa shape index (κ2) is 8.06. The number of rotatable bonds is 6. The average molecular weight is 341 g/mol. The molecule has 4 nitrogen and oxygen atoms in total. The number of nitrogens with one attached hydrogen (secondary N) is 1. The van der Waals surface area contributed by atoms with Gasteiger partial charge in [-0.15, -0.1) is 0 Å². The highest BCUT2D eigenvalue weighted by Crippen LogP contribution is 2.24. The maximum absolute atomic E-state index is 12.1. The Morgan fingerprint density at radius 1 is 1.08 bits per heavy atom. The van der Waals surface area contributed by atoms with Crippen LogP contribution in [0.4, 0.5) is 0 Å². The monoisotopic (exact) mass is 341 g/mol. The molecule has 1 amide bonds. The summed E-state index contributed by atoms with van der Waals surface area (Å²) in [6.07, 6.45) is 0. The second-order valence-corrected chi connectivity index (χ2v) is 7.13. The lowest BCUT2D eigenvalue weighted by atomic mass is 9.86. The standard InChI is InChI=1S/C21H27NO3/c1-15(16-9-11-17(12-10-16)21(2,3)4)22-20(23)14-25-19-8-6-7-18(13-19)24-5/h6-13,15H,14H2,1-5H3,(H,22,23)/t15-/m0/s1. The van der Waals surface area contributed by atoms with Crippen molar-refractivity contribution >= 4 is 5.91 Å². The van der Waals surface area contributed by atoms with Crippen LogP contribution in [0.1, 0.15) is 44.9 Å². The van der Waals surface area contributed by atoms with Gasteiger partial charge in [0.15, 0.2) is 6.61 Å². The van der Waals surface area contributed by atoms with Crippen LogP contribution in [-0.4, -0.2) is 19.6 Å². The number of hydrogen-bond acceptors (Lipinski definition) is 3. The number of amides is 1. The van der Waals surface area contributed by atoms with Gasteiger partial charge in [-0.1, -0.05) is 51.1 Å². The third kappa shape index (κ3) is 5.52. The van der Waals surface area contributed by atoms with E-state index in [4.69, 9.17) is 9.47 Å². The zero-order valence-corrected chi connectivity index (χ0v) is 15.6. The summed E-state index contributed by atoms with van der Waals surface area (Å²) < 4.78 is 10.7. The topological polar surface area (TPSA) is 47.6 Å². The van der Waals surface area contributed by atoms with Gasteiger partial charge < -0.3 is 14.8 Å². The minimum atomic E-state index is -0.157. The van der Waals surface area contributed by atoms with Crippen molar-refractivity contribution < 1.29 is 14.3 Å². The average Bonchev–Trinajstić information content (AvgIpc) is 2.59. The van der Waals surface area contributed by atoms with E-state index in [1.165, 1.54) is 5.56 Å². The van der Waals surface area contributed by atoms with E-state index < -0.39 is 0 Å². The summed E-state index contributed by atoms with van der Waals surface area (Å²) in [5, 5.41) is 2.96. The van der Waals surface area contributed by atoms with Crippen LogP contribution in [0.2, 0.25) is 0 Å². The fraction of sp³-hybridized carbons (Fsp3) is 0.381. The van der Waals surface area contributed by atoms with Crippen molar-refractivity contribution in [1.82, 2.24) is 5.32 Å². The maximum Gasteiger partial charge on any atom is 0.258 e. The van der Waals surface area contributed by atoms with E-state index >= 15 is 0 Å². The number of hydrogen-bond donors (Lipinski definition) is 1. The van der Waals surface area contributed by atoms with Crippen molar-refractivity contribution in [3.8, 4) is 11.5 Å². The zero-order valence-electron chi connectivity index (χ0n) is 15.6. The number of ether oxygens (including phenoxy) is 2. The van der Waals surface area contributed by atoms with Gasteiger partial charge in [-0.2, -0.15) is 0 Å². The Bertz CT molecular complexity index is 702. The largest absolute Gasteiger partial charge is 0.497 e. The Labute approximate surface area is 150 Å². The first-order valence-electron chi connectivity index (χ1n) is 8.46. The Balaban J connectivity index is 1.89. The van der Waals surface area contributed by atoms with Gasteiger partial charge in [-0.3, -0.25) is 4.79 Å². The minimum Gasteiger partial charge on any atom is -0.497 e. The van der Waals surface area contributed by atoms with Crippen molar-refractivity contribution in [2.24, 2.45) is 0 Å². The fourth-order valence-corrected chi connectivity index (χ4v) is 2.48. The lowest BCUT2D eigenvalue weighted by Crippen LogP contribution is -2.31. The van der Waals surface area contributed by atoms with Gasteiger partial charge in [0.25, 0.3) is 5.91 Å². The van der Waals surface area contributed by atoms with Crippen molar-refractivity contribution in [3.05, 3.63) is 59.7 Å². The third-order valence-electron chi connectivity index (χ3n) is 4.07. The molecule has 0 saturated heterocycles. The first-order chi connectivity index (χ1) is 11.8. The van der Waals surface area contributed by atoms with Crippen LogP contribution < -0.4 is 14.8 Å². The molecule has 0 saturated carbocycles. The van der Waals surface area contributed by atoms with E-state index in [0.717, 1.165) is 5.56 Å². The van der Waals surface area contributed by atoms with Gasteiger partial charge in [0.2, 0.25) is 0 Å². The molecule has 0 unspecified atom stereocenters. The van der Waals surface area contributed by atoms with Crippen molar-refractivity contribution in [3.63, 3.8) is 0 Å². The van der Waals surface area contributed by atoms with E-state index in [2.05, 4.69) is 50.4 Å². The highest BCUT2D eigenvalue weighted by Gasteiger charge is 2.15. The summed E-state index contributed by atoms with van der Waals surface area (Å²) in [7, 11) is 1.60. The summed E-state index contributed by atoms with van der Waals surface area (Å²) in [4.78, 5) is 12.1. The van der Waals surface area contributed by atoms with Gasteiger partial charge in [0.1, 0.15) is 11.5 Å². The van der Waals surface area contributed by atoms with Crippen LogP contribution in [0.15, 0.2) is 48.5 Å². The van der Waals surface area contributed by atoms with Crippen LogP contribution in [0, 0.1) is 0 Å². The van der Waals surface area contributed by atoms with Crippen LogP contribution in [-0.2, 0) is 10.2 Å². The summed E-state index contributed by atoms with van der Waals surface area (Å²) >= 11 is 0. The molecule has 0 fully saturated rings. The zero-order chi connectivity index (χ0) is 18.4. The molecule has 0 radical (unpaired) electrons. The molecule has 134 valence electrons. The molecule has 4 heteroatoms. The summed E-state index contributed by atoms with van der Waals surface area (Å²) in [5.74, 6) is 1.15. The molecule has 2 aromatic carbocycles. The quantitative estimate of drug-likeness (QED) is 0.854. The Hall–Kier alpha value is -2.49. The Morgan fingerprint density at radius 3 is 2.32 bits per heavy atom. The first-order valence-corrected chi connectivity index (χ1v) is 8.46. The highest BCUT2D eigenvalue weighted by atomic mass is 16.5. The summed E-state index contributed by atoms with van der Waals surface area (Å²) in [6, 6.07) is 15.5. The van der Waals surface area contributed by atoms with E-state index in [1.54, 1.807) is 19.2 Å². The summed E-state index contributed by atoms with van der Waals surface area (Å²) in [5.41, 5.74) is 2.47. The predicted molar refractivity (Wildman–Crippen MR) is 100 cm³/mol. The molecule has 2 aromatic rings. The van der Waals surface area contributed by atoms with Crippen LogP contribution in [0.3, 0.4) is 0 Å². The number of carbonyl (C=O) groups excluding carboxylic acids is 1. The Kier molecular flexibility index (Phi) is 6.07. The van der Waals surface area contributed by atoms with Crippen LogP contribution >= 0.6 is 0 Å². The van der Waals surface area contributed by atoms with Crippen LogP contribution in [0.5, 0.6) is 11.5 Å². The van der Waals surface area contributed by atoms with Gasteiger partial charge in [0.05, 0.1) is 13.2 Å². The molecule has 0 heterocycles. The van der Waals surface area contributed by atoms with E-state index in [1.807, 2.05) is 19.1 Å². The molecular formula is C21H27NO3. The molecule has 25 heavy (non-hydrogen) atoms. The maximum atomic E-state index is 12.1. The number of carbonyl (C=O) groups is 1. The lowest BCUT2D eigenvalue weighted by molar-refractivity contribution is -0.123. The first kappa shape index (κ1) is 18.8. The molecule has 0 aliphatic heterocycles. The SMILES string of the molecule is COc1cccc(OCC(=O)N[C@@H](C)c2ccc(C(C)(C)C)cc2)c1. The number of benzene rings is 2. The predicted octanol–water partition coefficient (Wildman–Crippen LogP) is 4.25. The molecule has 0 aliphatic carbocycles. The molecule has 1 N–H and O–H groups in total. The van der Waals surface area contributed by atoms with Crippen molar-refractivity contribution in [2.45, 2.75) is 39.2 Å². The van der Waals surface area contributed by atoms with Crippen LogP contribution in [0.25, 0.3) is 0 Å². The second-order valence-electron chi connectivity index (χ2n) is 7.13.